The molecule has 4 aromatic heterocycles. The van der Waals surface area contributed by atoms with Crippen molar-refractivity contribution < 1.29 is 1460 Å². The zero-order chi connectivity index (χ0) is 51.4. The Hall–Kier alpha value is 41.0. The zero-order valence-electron chi connectivity index (χ0n) is 75.0. The number of hydrogen-bond donors (Lipinski definition) is 0. The third kappa shape index (κ3) is 98.6. The predicted octanol–water partition coefficient (Wildman–Crippen LogP) is 21.8. The first kappa shape index (κ1) is 326. The molecule has 588 valence electrons. The molecule has 0 spiro atoms. The number of aryl methyl sites for hydroxylation is 16. The van der Waals surface area contributed by atoms with E-state index in [2.05, 4.69) is 275 Å². The van der Waals surface area contributed by atoms with Crippen molar-refractivity contribution in [2.75, 3.05) is 0 Å². The molecule has 0 unspecified atom stereocenters. The van der Waals surface area contributed by atoms with E-state index in [-0.39, 0.29) is 1530 Å². The maximum atomic E-state index is 2.32. The van der Waals surface area contributed by atoms with Gasteiger partial charge in [0.05, 0.1) is 26.9 Å². The summed E-state index contributed by atoms with van der Waals surface area (Å²) in [7, 11) is 8.62. The van der Waals surface area contributed by atoms with Crippen LogP contribution in [0.2, 0.25) is 0 Å². The van der Waals surface area contributed by atoms with Crippen LogP contribution in [0.3, 0.4) is 0 Å². The molecular formula is C80H116N4Y44. The molecule has 0 saturated carbocycles. The number of nitrogens with zero attached hydrogens (tertiary/aromatic N) is 4. The first-order valence-corrected chi connectivity index (χ1v) is 25.5. The van der Waals surface area contributed by atoms with Gasteiger partial charge in [0.2, 0.25) is 22.1 Å². The molecule has 4 heterocycles. The van der Waals surface area contributed by atoms with Gasteiger partial charge in [-0.25, -0.2) is 0 Å². The van der Waals surface area contributed by atoms with Crippen LogP contribution in [0, 0.1) is 113 Å². The molecule has 12 aromatic rings. The van der Waals surface area contributed by atoms with Crippen molar-refractivity contribution in [1.29, 1.82) is 0 Å². The van der Waals surface area contributed by atoms with Gasteiger partial charge in [-0.1, -0.05) is 150 Å². The quantitative estimate of drug-likeness (QED) is 0.0817. The molecule has 0 N–H and O–H groups in total. The molecule has 0 saturated heterocycles. The number of para-hydroxylation sites is 1. The Morgan fingerprint density at radius 3 is 0.711 bits per heavy atom. The van der Waals surface area contributed by atoms with Crippen LogP contribution in [0.25, 0.3) is 86.7 Å². The maximum Gasteiger partial charge on any atom is 0.216 e. The van der Waals surface area contributed by atoms with Crippen LogP contribution in [-0.2, 0) is 1470 Å². The Bertz CT molecular complexity index is 4070. The van der Waals surface area contributed by atoms with E-state index in [1.807, 2.05) is 0 Å². The average molecular weight is 5050 g/mol. The van der Waals surface area contributed by atoms with Crippen molar-refractivity contribution in [2.24, 2.45) is 28.2 Å². The van der Waals surface area contributed by atoms with Crippen molar-refractivity contribution >= 4 is 86.7 Å². The van der Waals surface area contributed by atoms with E-state index >= 15 is 0 Å². The van der Waals surface area contributed by atoms with Gasteiger partial charge in [0.15, 0.2) is 22.8 Å². The minimum absolute atomic E-state index is 0. The minimum atomic E-state index is 0. The summed E-state index contributed by atoms with van der Waals surface area (Å²) in [4.78, 5) is 0. The van der Waals surface area contributed by atoms with Crippen molar-refractivity contribution in [3.63, 3.8) is 0 Å². The standard InChI is InChI=1S/4C17H18N.8CH4.4CH3.44Y/c1-11-9-16-15-8-6-5-7-14(15)13(3)18(4)17(16)10-12(11)2;1-11-9-10-15-14-7-5-6-8-16(14)18(4)13(3)17(15)12(11)2;1-11-9-10-16-17(12(11)2)15-8-6-5-7-14(15)13(3)18(16)4;1-11-9-10-16-15-8-6-5-7-14(15)13(3)18(4)17(16)12(11)2;;;;;;;;;;;;;;;;;;;;;;;;;;;;;;;;;;;;;;;;;;;;;;;;;;;;;;;;/h4*5-10H,1-4H3;8*1H4;4*1H3;;;;;;;;;;;;;;;;;;;;;;;;;;;;;;;;;;;;;;;;;;;;/q4*+1;;;;;;;;;4*-1;;;;;;;;;;;;;;;;;;;;;;;;;;;;;;;;;;;;;;;;;;;;. The van der Waals surface area contributed by atoms with Crippen LogP contribution in [0.1, 0.15) is 127 Å². The van der Waals surface area contributed by atoms with Crippen LogP contribution < -0.4 is 18.3 Å². The molecular weight excluding hydrogens is 4930 g/mol. The number of aromatic nitrogens is 4. The normalized spacial score (nSPS) is 6.38. The Labute approximate surface area is 1900 Å². The molecule has 0 aliphatic heterocycles. The molecule has 12 rings (SSSR count). The SMILES string of the molecule is C.C.C.C.C.C.C.C.Cc1cc2c3ccccc3c(C)[n+](C)c2cc1C.Cc1ccc2c(c1C)c(C)[n+](C)c1ccccc21.Cc1ccc2c(c1C)c1ccccc1c(C)[n+]2C.Cc1ccc2c3ccccc3c(C)[n+](C)c2c1C.[CH3-].[CH3-].[CH3-].[CH3-].[Y].[Y].[Y].[Y].[Y].[Y].[Y].[Y].[Y].[Y].[Y].[Y].[Y].[Y].[Y].[Y].[Y].[Y].[Y].[Y].[Y].[Y].[Y].[Y].[Y].[Y].[Y].[Y].[Y].[Y].[Y].[Y].[Y].[Y].[Y].[Y].[Y].[Y].[Y].[Y].[Y].[Y].[Y].[Y]. The van der Waals surface area contributed by atoms with E-state index in [1.54, 1.807) is 0 Å². The number of rotatable bonds is 0. The molecule has 4 nitrogen and oxygen atoms in total. The van der Waals surface area contributed by atoms with E-state index in [9.17, 15) is 0 Å². The largest absolute Gasteiger partial charge is 0.358 e. The van der Waals surface area contributed by atoms with Crippen LogP contribution in [0.15, 0.2) is 146 Å². The van der Waals surface area contributed by atoms with Crippen LogP contribution in [0.5, 0.6) is 0 Å². The van der Waals surface area contributed by atoms with Crippen LogP contribution in [0.4, 0.5) is 0 Å². The summed E-state index contributed by atoms with van der Waals surface area (Å²) in [5.74, 6) is 0. The molecule has 0 aliphatic rings. The zero-order valence-corrected chi connectivity index (χ0v) is 200. The molecule has 44 radical (unpaired) electrons. The summed E-state index contributed by atoms with van der Waals surface area (Å²) in [5, 5.41) is 16.3. The summed E-state index contributed by atoms with van der Waals surface area (Å²) in [6.07, 6.45) is 0. The van der Waals surface area contributed by atoms with E-state index in [0.29, 0.717) is 0 Å². The second-order valence-electron chi connectivity index (χ2n) is 20.4. The summed E-state index contributed by atoms with van der Waals surface area (Å²) < 4.78 is 9.21. The first-order chi connectivity index (χ1) is 34.4. The Morgan fingerprint density at radius 1 is 0.156 bits per heavy atom. The van der Waals surface area contributed by atoms with Gasteiger partial charge in [0.25, 0.3) is 0 Å². The first-order valence-electron chi connectivity index (χ1n) is 25.5. The molecule has 0 aliphatic carbocycles. The summed E-state index contributed by atoms with van der Waals surface area (Å²) >= 11 is 0. The molecule has 0 fully saturated rings. The fraction of sp³-hybridized carbons (Fsp3) is 0.300. The molecule has 48 heteroatoms. The van der Waals surface area contributed by atoms with Gasteiger partial charge < -0.3 is 29.7 Å². The van der Waals surface area contributed by atoms with Crippen molar-refractivity contribution in [1.82, 2.24) is 0 Å². The maximum absolute atomic E-state index is 2.32. The van der Waals surface area contributed by atoms with Crippen LogP contribution >= 0.6 is 0 Å². The van der Waals surface area contributed by atoms with E-state index in [4.69, 9.17) is 0 Å². The van der Waals surface area contributed by atoms with Gasteiger partial charge in [-0.3, -0.25) is 0 Å². The number of hydrogen-bond acceptors (Lipinski definition) is 0. The smallest absolute Gasteiger partial charge is 0.216 e. The Morgan fingerprint density at radius 2 is 0.375 bits per heavy atom. The van der Waals surface area contributed by atoms with E-state index < -0.39 is 0 Å². The fourth-order valence-electron chi connectivity index (χ4n) is 11.2. The Kier molecular flexibility index (Phi) is 460. The third-order valence-corrected chi connectivity index (χ3v) is 16.6. The topological polar surface area (TPSA) is 15.5 Å². The Balaban J connectivity index is -0.0000000126. The summed E-state index contributed by atoms with van der Waals surface area (Å²) in [5.41, 5.74) is 21.5. The molecule has 0 atom stereocenters. The van der Waals surface area contributed by atoms with Crippen LogP contribution in [-0.4, -0.2) is 0 Å². The van der Waals surface area contributed by atoms with E-state index in [0.717, 1.165) is 0 Å². The molecule has 8 aromatic carbocycles. The number of benzene rings is 8. The predicted molar refractivity (Wildman–Crippen MR) is 387 cm³/mol. The molecule has 128 heavy (non-hydrogen) atoms. The van der Waals surface area contributed by atoms with Gasteiger partial charge in [0, 0.05) is 1530 Å². The fourth-order valence-corrected chi connectivity index (χ4v) is 11.2. The van der Waals surface area contributed by atoms with Crippen molar-refractivity contribution in [2.45, 2.75) is 142 Å². The van der Waals surface area contributed by atoms with Crippen molar-refractivity contribution in [3.8, 4) is 0 Å². The second kappa shape index (κ2) is 181. The second-order valence-corrected chi connectivity index (χ2v) is 20.4. The van der Waals surface area contributed by atoms with Gasteiger partial charge in [-0.2, -0.15) is 18.3 Å². The summed E-state index contributed by atoms with van der Waals surface area (Å²) in [6, 6.07) is 52.7. The molecule has 0 amide bonds. The molecule has 0 bridgehead atoms. The van der Waals surface area contributed by atoms with Gasteiger partial charge in [-0.05, 0) is 131 Å². The summed E-state index contributed by atoms with van der Waals surface area (Å²) in [6.45, 7) is 26.4. The number of fused-ring (bicyclic) bond motifs is 12. The monoisotopic (exact) mass is 5040 g/mol. The van der Waals surface area contributed by atoms with E-state index in [1.165, 1.54) is 154 Å². The van der Waals surface area contributed by atoms with Gasteiger partial charge >= 0.3 is 0 Å². The third-order valence-electron chi connectivity index (χ3n) is 16.6. The number of pyridine rings is 4. The van der Waals surface area contributed by atoms with Crippen molar-refractivity contribution in [3.05, 3.63) is 243 Å². The van der Waals surface area contributed by atoms with Gasteiger partial charge in [0.1, 0.15) is 28.2 Å². The van der Waals surface area contributed by atoms with Gasteiger partial charge in [-0.15, -0.1) is 0 Å². The minimum Gasteiger partial charge on any atom is -0.358 e. The average Bonchev–Trinajstić information content (AvgIpc) is 3.39.